The van der Waals surface area contributed by atoms with Crippen molar-refractivity contribution >= 4 is 28.8 Å². The summed E-state index contributed by atoms with van der Waals surface area (Å²) in [6.45, 7) is 3.95. The number of nitrogens with one attached hydrogen (secondary N) is 2. The molecule has 9 nitrogen and oxygen atoms in total. The Hall–Kier alpha value is -2.94. The second-order valence-electron chi connectivity index (χ2n) is 7.02. The third kappa shape index (κ3) is 4.66. The Bertz CT molecular complexity index is 843. The summed E-state index contributed by atoms with van der Waals surface area (Å²) >= 11 is 0. The van der Waals surface area contributed by atoms with Gasteiger partial charge in [0.15, 0.2) is 0 Å². The van der Waals surface area contributed by atoms with Crippen molar-refractivity contribution in [3.63, 3.8) is 0 Å². The van der Waals surface area contributed by atoms with E-state index in [0.29, 0.717) is 17.7 Å². The predicted octanol–water partition coefficient (Wildman–Crippen LogP) is 2.85. The second kappa shape index (κ2) is 8.83. The third-order valence-corrected chi connectivity index (χ3v) is 4.91. The van der Waals surface area contributed by atoms with Crippen molar-refractivity contribution in [2.24, 2.45) is 0 Å². The van der Waals surface area contributed by atoms with Gasteiger partial charge in [-0.25, -0.2) is 4.98 Å². The SMILES string of the molecule is CCCc1cc(N2CCC[C@@H](NC)C2)nc(Nc2ccc(N)c([N+](=O)[O-])c2)n1. The van der Waals surface area contributed by atoms with Crippen LogP contribution in [0.4, 0.5) is 28.8 Å². The molecule has 0 bridgehead atoms. The number of hydrogen-bond acceptors (Lipinski definition) is 8. The summed E-state index contributed by atoms with van der Waals surface area (Å²) < 4.78 is 0. The molecule has 4 N–H and O–H groups in total. The maximum Gasteiger partial charge on any atom is 0.294 e. The van der Waals surface area contributed by atoms with Crippen LogP contribution < -0.4 is 21.3 Å². The van der Waals surface area contributed by atoms with Crippen LogP contribution in [0.25, 0.3) is 0 Å². The number of benzene rings is 1. The molecule has 1 aliphatic rings. The Balaban J connectivity index is 1.89. The first-order chi connectivity index (χ1) is 13.5. The normalized spacial score (nSPS) is 16.8. The predicted molar refractivity (Wildman–Crippen MR) is 111 cm³/mol. The van der Waals surface area contributed by atoms with Crippen molar-refractivity contribution in [1.29, 1.82) is 0 Å². The molecule has 3 rings (SSSR count). The van der Waals surface area contributed by atoms with E-state index in [1.807, 2.05) is 13.1 Å². The van der Waals surface area contributed by atoms with Gasteiger partial charge in [-0.05, 0) is 38.4 Å². The van der Waals surface area contributed by atoms with Gasteiger partial charge >= 0.3 is 0 Å². The van der Waals surface area contributed by atoms with Gasteiger partial charge in [0, 0.05) is 42.6 Å². The molecule has 9 heteroatoms. The van der Waals surface area contributed by atoms with Gasteiger partial charge in [0.1, 0.15) is 11.5 Å². The number of nitrogens with zero attached hydrogens (tertiary/aromatic N) is 4. The summed E-state index contributed by atoms with van der Waals surface area (Å²) in [4.78, 5) is 22.2. The van der Waals surface area contributed by atoms with E-state index in [9.17, 15) is 10.1 Å². The van der Waals surface area contributed by atoms with E-state index in [2.05, 4.69) is 32.4 Å². The molecule has 0 radical (unpaired) electrons. The molecule has 150 valence electrons. The lowest BCUT2D eigenvalue weighted by molar-refractivity contribution is -0.383. The van der Waals surface area contributed by atoms with Crippen LogP contribution >= 0.6 is 0 Å². The zero-order chi connectivity index (χ0) is 20.1. The highest BCUT2D eigenvalue weighted by Gasteiger charge is 2.21. The lowest BCUT2D eigenvalue weighted by Gasteiger charge is -2.33. The van der Waals surface area contributed by atoms with Crippen LogP contribution in [0.3, 0.4) is 0 Å². The first kappa shape index (κ1) is 19.8. The van der Waals surface area contributed by atoms with Gasteiger partial charge in [0.05, 0.1) is 4.92 Å². The summed E-state index contributed by atoms with van der Waals surface area (Å²) in [5, 5.41) is 17.6. The molecule has 0 amide bonds. The van der Waals surface area contributed by atoms with E-state index in [-0.39, 0.29) is 11.4 Å². The van der Waals surface area contributed by atoms with Gasteiger partial charge in [-0.3, -0.25) is 10.1 Å². The van der Waals surface area contributed by atoms with Gasteiger partial charge in [-0.15, -0.1) is 0 Å². The Labute approximate surface area is 164 Å². The van der Waals surface area contributed by atoms with Crippen LogP contribution in [-0.4, -0.2) is 41.1 Å². The van der Waals surface area contributed by atoms with Gasteiger partial charge in [0.2, 0.25) is 5.95 Å². The molecule has 1 fully saturated rings. The highest BCUT2D eigenvalue weighted by Crippen LogP contribution is 2.27. The molecular formula is C19H27N7O2. The monoisotopic (exact) mass is 385 g/mol. The van der Waals surface area contributed by atoms with Crippen molar-refractivity contribution in [3.8, 4) is 0 Å². The molecule has 1 aromatic carbocycles. The third-order valence-electron chi connectivity index (χ3n) is 4.91. The van der Waals surface area contributed by atoms with E-state index in [0.717, 1.165) is 50.3 Å². The molecule has 0 aliphatic carbocycles. The topological polar surface area (TPSA) is 122 Å². The highest BCUT2D eigenvalue weighted by atomic mass is 16.6. The summed E-state index contributed by atoms with van der Waals surface area (Å²) in [6.07, 6.45) is 4.07. The lowest BCUT2D eigenvalue weighted by atomic mass is 10.1. The van der Waals surface area contributed by atoms with E-state index in [4.69, 9.17) is 5.73 Å². The molecule has 2 aromatic rings. The Morgan fingerprint density at radius 1 is 1.36 bits per heavy atom. The van der Waals surface area contributed by atoms with Gasteiger partial charge in [-0.1, -0.05) is 13.3 Å². The van der Waals surface area contributed by atoms with Crippen molar-refractivity contribution in [2.75, 3.05) is 36.1 Å². The quantitative estimate of drug-likeness (QED) is 0.378. The number of nitro groups is 1. The number of nitro benzene ring substituents is 1. The first-order valence-corrected chi connectivity index (χ1v) is 9.61. The second-order valence-corrected chi connectivity index (χ2v) is 7.02. The maximum absolute atomic E-state index is 11.1. The average Bonchev–Trinajstić information content (AvgIpc) is 2.69. The number of hydrogen-bond donors (Lipinski definition) is 3. The summed E-state index contributed by atoms with van der Waals surface area (Å²) in [5.74, 6) is 1.32. The van der Waals surface area contributed by atoms with E-state index < -0.39 is 4.92 Å². The van der Waals surface area contributed by atoms with Crippen molar-refractivity contribution in [2.45, 2.75) is 38.6 Å². The number of nitrogen functional groups attached to an aromatic ring is 1. The minimum atomic E-state index is -0.494. The van der Waals surface area contributed by atoms with Gasteiger partial charge in [0.25, 0.3) is 5.69 Å². The summed E-state index contributed by atoms with van der Waals surface area (Å²) in [7, 11) is 1.98. The number of aromatic nitrogens is 2. The fourth-order valence-electron chi connectivity index (χ4n) is 3.41. The van der Waals surface area contributed by atoms with Crippen LogP contribution in [-0.2, 0) is 6.42 Å². The number of nitrogens with two attached hydrogens (primary N) is 1. The average molecular weight is 385 g/mol. The van der Waals surface area contributed by atoms with E-state index in [1.165, 1.54) is 12.1 Å². The van der Waals surface area contributed by atoms with Crippen molar-refractivity contribution in [1.82, 2.24) is 15.3 Å². The van der Waals surface area contributed by atoms with Gasteiger partial charge < -0.3 is 21.3 Å². The number of rotatable bonds is 7. The Morgan fingerprint density at radius 3 is 2.89 bits per heavy atom. The fourth-order valence-corrected chi connectivity index (χ4v) is 3.41. The summed E-state index contributed by atoms with van der Waals surface area (Å²) in [5.41, 5.74) is 7.16. The maximum atomic E-state index is 11.1. The van der Waals surface area contributed by atoms with Gasteiger partial charge in [-0.2, -0.15) is 4.98 Å². The number of aryl methyl sites for hydroxylation is 1. The smallest absolute Gasteiger partial charge is 0.294 e. The molecule has 1 atom stereocenters. The minimum absolute atomic E-state index is 0.128. The zero-order valence-corrected chi connectivity index (χ0v) is 16.3. The Morgan fingerprint density at radius 2 is 2.18 bits per heavy atom. The van der Waals surface area contributed by atoms with Crippen LogP contribution in [0.5, 0.6) is 0 Å². The molecular weight excluding hydrogens is 358 g/mol. The molecule has 1 aliphatic heterocycles. The first-order valence-electron chi connectivity index (χ1n) is 9.61. The summed E-state index contributed by atoms with van der Waals surface area (Å²) in [6, 6.07) is 7.09. The van der Waals surface area contributed by atoms with Crippen LogP contribution in [0, 0.1) is 10.1 Å². The molecule has 0 unspecified atom stereocenters. The standard InChI is InChI=1S/C19H27N7O2/c1-3-5-13-11-18(25-9-4-6-15(12-25)21-2)24-19(22-13)23-14-7-8-16(20)17(10-14)26(27)28/h7-8,10-11,15,21H,3-6,9,12,20H2,1-2H3,(H,22,23,24)/t15-/m1/s1. The van der Waals surface area contributed by atoms with Crippen LogP contribution in [0.15, 0.2) is 24.3 Å². The Kier molecular flexibility index (Phi) is 6.25. The molecule has 2 heterocycles. The fraction of sp³-hybridized carbons (Fsp3) is 0.474. The number of piperidine rings is 1. The molecule has 0 spiro atoms. The van der Waals surface area contributed by atoms with Crippen molar-refractivity contribution < 1.29 is 4.92 Å². The molecule has 1 saturated heterocycles. The molecule has 0 saturated carbocycles. The zero-order valence-electron chi connectivity index (χ0n) is 16.3. The largest absolute Gasteiger partial charge is 0.393 e. The highest BCUT2D eigenvalue weighted by molar-refractivity contribution is 5.68. The number of likely N-dealkylation sites (N-methyl/N-ethyl adjacent to an activating group) is 1. The van der Waals surface area contributed by atoms with E-state index >= 15 is 0 Å². The van der Waals surface area contributed by atoms with Crippen LogP contribution in [0.1, 0.15) is 31.9 Å². The van der Waals surface area contributed by atoms with Crippen molar-refractivity contribution in [3.05, 3.63) is 40.1 Å². The number of anilines is 4. The molecule has 1 aromatic heterocycles. The minimum Gasteiger partial charge on any atom is -0.393 e. The van der Waals surface area contributed by atoms with E-state index in [1.54, 1.807) is 6.07 Å². The molecule has 28 heavy (non-hydrogen) atoms. The lowest BCUT2D eigenvalue weighted by Crippen LogP contribution is -2.44. The van der Waals surface area contributed by atoms with Crippen LogP contribution in [0.2, 0.25) is 0 Å².